The molecule has 0 atom stereocenters. The molecule has 0 heterocycles. The van der Waals surface area contributed by atoms with Gasteiger partial charge in [0.25, 0.3) is 0 Å². The summed E-state index contributed by atoms with van der Waals surface area (Å²) < 4.78 is 0. The molecule has 0 saturated heterocycles. The van der Waals surface area contributed by atoms with Crippen molar-refractivity contribution in [1.82, 2.24) is 0 Å². The molecular formula is C8H8OSe. The van der Waals surface area contributed by atoms with Gasteiger partial charge in [-0.15, -0.1) is 0 Å². The molecule has 0 aliphatic rings. The number of hydrogen-bond acceptors (Lipinski definition) is 1. The number of rotatable bonds is 2. The zero-order chi connectivity index (χ0) is 7.40. The molecule has 2 heteroatoms. The van der Waals surface area contributed by atoms with Crippen LogP contribution in [0.5, 0.6) is 0 Å². The van der Waals surface area contributed by atoms with Crippen molar-refractivity contribution < 1.29 is 4.79 Å². The van der Waals surface area contributed by atoms with E-state index in [1.165, 1.54) is 0 Å². The summed E-state index contributed by atoms with van der Waals surface area (Å²) in [5.74, 6) is 0. The molecule has 0 fully saturated rings. The minimum absolute atomic E-state index is 0.795. The maximum absolute atomic E-state index is 10.4. The standard InChI is InChI=1S/C8H8OSe/c9-5-7-3-1-2-4-8(7)6-10/h1-5,10H,6H2. The van der Waals surface area contributed by atoms with Crippen LogP contribution in [0.2, 0.25) is 0 Å². The first-order chi connectivity index (χ1) is 4.88. The van der Waals surface area contributed by atoms with Gasteiger partial charge in [0, 0.05) is 0 Å². The van der Waals surface area contributed by atoms with E-state index in [2.05, 4.69) is 16.0 Å². The molecule has 0 bridgehead atoms. The van der Waals surface area contributed by atoms with Crippen LogP contribution in [0.3, 0.4) is 0 Å². The van der Waals surface area contributed by atoms with Crippen molar-refractivity contribution in [2.24, 2.45) is 0 Å². The van der Waals surface area contributed by atoms with E-state index in [1.807, 2.05) is 24.3 Å². The summed E-state index contributed by atoms with van der Waals surface area (Å²) in [5, 5.41) is 0.863. The van der Waals surface area contributed by atoms with Crippen molar-refractivity contribution >= 4 is 22.3 Å². The van der Waals surface area contributed by atoms with Gasteiger partial charge in [0.05, 0.1) is 0 Å². The van der Waals surface area contributed by atoms with Gasteiger partial charge in [-0.1, -0.05) is 0 Å². The molecular weight excluding hydrogens is 191 g/mol. The minimum atomic E-state index is 0.795. The van der Waals surface area contributed by atoms with E-state index in [1.54, 1.807) is 0 Å². The summed E-state index contributed by atoms with van der Waals surface area (Å²) in [4.78, 5) is 10.4. The quantitative estimate of drug-likeness (QED) is 0.511. The summed E-state index contributed by atoms with van der Waals surface area (Å²) in [6, 6.07) is 7.60. The summed E-state index contributed by atoms with van der Waals surface area (Å²) >= 11 is 2.46. The topological polar surface area (TPSA) is 17.1 Å². The van der Waals surface area contributed by atoms with Gasteiger partial charge < -0.3 is 0 Å². The summed E-state index contributed by atoms with van der Waals surface area (Å²) in [6.07, 6.45) is 0.892. The predicted octanol–water partition coefficient (Wildman–Crippen LogP) is 0.900. The first-order valence-electron chi connectivity index (χ1n) is 3.02. The van der Waals surface area contributed by atoms with Crippen LogP contribution in [0.25, 0.3) is 0 Å². The van der Waals surface area contributed by atoms with Crippen LogP contribution >= 0.6 is 0 Å². The Morgan fingerprint density at radius 3 is 2.60 bits per heavy atom. The van der Waals surface area contributed by atoms with E-state index in [0.29, 0.717) is 0 Å². The van der Waals surface area contributed by atoms with Gasteiger partial charge in [0.1, 0.15) is 0 Å². The maximum atomic E-state index is 10.4. The fourth-order valence-corrected chi connectivity index (χ4v) is 1.40. The van der Waals surface area contributed by atoms with Crippen LogP contribution in [-0.4, -0.2) is 22.3 Å². The van der Waals surface area contributed by atoms with E-state index >= 15 is 0 Å². The average molecular weight is 199 g/mol. The van der Waals surface area contributed by atoms with Gasteiger partial charge in [-0.2, -0.15) is 0 Å². The number of aldehydes is 1. The number of carbonyl (C=O) groups excluding carboxylic acids is 1. The molecule has 0 amide bonds. The van der Waals surface area contributed by atoms with Gasteiger partial charge in [-0.05, 0) is 0 Å². The Morgan fingerprint density at radius 1 is 1.40 bits per heavy atom. The van der Waals surface area contributed by atoms with Crippen LogP contribution in [-0.2, 0) is 5.32 Å². The molecule has 1 aromatic carbocycles. The predicted molar refractivity (Wildman–Crippen MR) is 42.7 cm³/mol. The van der Waals surface area contributed by atoms with Gasteiger partial charge >= 0.3 is 67.8 Å². The zero-order valence-electron chi connectivity index (χ0n) is 5.45. The Labute approximate surface area is 68.3 Å². The molecule has 1 nitrogen and oxygen atoms in total. The Bertz CT molecular complexity index is 232. The SMILES string of the molecule is O=Cc1ccccc1C[SeH]. The van der Waals surface area contributed by atoms with Gasteiger partial charge in [-0.25, -0.2) is 0 Å². The molecule has 0 N–H and O–H groups in total. The Morgan fingerprint density at radius 2 is 2.10 bits per heavy atom. The first-order valence-corrected chi connectivity index (χ1v) is 4.35. The van der Waals surface area contributed by atoms with E-state index < -0.39 is 0 Å². The van der Waals surface area contributed by atoms with E-state index in [9.17, 15) is 4.79 Å². The number of carbonyl (C=O) groups is 1. The van der Waals surface area contributed by atoms with Crippen LogP contribution < -0.4 is 0 Å². The molecule has 0 aliphatic carbocycles. The molecule has 1 aromatic rings. The second kappa shape index (κ2) is 3.55. The summed E-state index contributed by atoms with van der Waals surface area (Å²) in [5.41, 5.74) is 1.89. The van der Waals surface area contributed by atoms with Crippen LogP contribution in [0.15, 0.2) is 24.3 Å². The Hall–Kier alpha value is -0.591. The van der Waals surface area contributed by atoms with Gasteiger partial charge in [0.15, 0.2) is 0 Å². The summed E-state index contributed by atoms with van der Waals surface area (Å²) in [6.45, 7) is 0. The number of hydrogen-bond donors (Lipinski definition) is 0. The molecule has 0 unspecified atom stereocenters. The Kier molecular flexibility index (Phi) is 2.67. The van der Waals surface area contributed by atoms with Crippen molar-refractivity contribution in [3.8, 4) is 0 Å². The molecule has 0 radical (unpaired) electrons. The third-order valence-corrected chi connectivity index (χ3v) is 2.07. The van der Waals surface area contributed by atoms with Crippen LogP contribution in [0.4, 0.5) is 0 Å². The first kappa shape index (κ1) is 7.52. The second-order valence-electron chi connectivity index (χ2n) is 1.97. The van der Waals surface area contributed by atoms with E-state index in [4.69, 9.17) is 0 Å². The zero-order valence-corrected chi connectivity index (χ0v) is 7.33. The van der Waals surface area contributed by atoms with Crippen molar-refractivity contribution in [1.29, 1.82) is 0 Å². The van der Waals surface area contributed by atoms with Crippen molar-refractivity contribution in [2.75, 3.05) is 0 Å². The van der Waals surface area contributed by atoms with Crippen molar-refractivity contribution in [3.63, 3.8) is 0 Å². The fourth-order valence-electron chi connectivity index (χ4n) is 0.793. The fraction of sp³-hybridized carbons (Fsp3) is 0.125. The monoisotopic (exact) mass is 200 g/mol. The van der Waals surface area contributed by atoms with E-state index in [0.717, 1.165) is 22.7 Å². The third kappa shape index (κ3) is 1.47. The molecule has 0 spiro atoms. The summed E-state index contributed by atoms with van der Waals surface area (Å²) in [7, 11) is 0. The molecule has 52 valence electrons. The normalized spacial score (nSPS) is 9.30. The molecule has 0 aromatic heterocycles. The van der Waals surface area contributed by atoms with Gasteiger partial charge in [0.2, 0.25) is 0 Å². The average Bonchev–Trinajstić information content (AvgIpc) is 2.04. The third-order valence-electron chi connectivity index (χ3n) is 1.35. The van der Waals surface area contributed by atoms with Crippen molar-refractivity contribution in [3.05, 3.63) is 35.4 Å². The van der Waals surface area contributed by atoms with E-state index in [-0.39, 0.29) is 0 Å². The molecule has 1 rings (SSSR count). The second-order valence-corrected chi connectivity index (χ2v) is 2.64. The van der Waals surface area contributed by atoms with Crippen LogP contribution in [0, 0.1) is 0 Å². The van der Waals surface area contributed by atoms with Crippen LogP contribution in [0.1, 0.15) is 15.9 Å². The molecule has 10 heavy (non-hydrogen) atoms. The molecule has 0 aliphatic heterocycles. The van der Waals surface area contributed by atoms with Crippen molar-refractivity contribution in [2.45, 2.75) is 5.32 Å². The molecule has 0 saturated carbocycles. The number of benzene rings is 1. The Balaban J connectivity index is 3.08. The van der Waals surface area contributed by atoms with Gasteiger partial charge in [-0.3, -0.25) is 0 Å².